The fourth-order valence-electron chi connectivity index (χ4n) is 14.6. The van der Waals surface area contributed by atoms with Crippen LogP contribution in [-0.4, -0.2) is 70.0 Å². The molecule has 0 rings (SSSR count). The predicted molar refractivity (Wildman–Crippen MR) is 448 cm³/mol. The maximum Gasteiger partial charge on any atom is 0.306 e. The predicted octanol–water partition coefficient (Wildman–Crippen LogP) is 30.8. The minimum atomic E-state index is -4.64. The first-order chi connectivity index (χ1) is 50.5. The van der Waals surface area contributed by atoms with Gasteiger partial charge in [0.15, 0.2) is 6.10 Å². The molecule has 0 saturated carbocycles. The highest BCUT2D eigenvalue weighted by Crippen LogP contribution is 2.38. The van der Waals surface area contributed by atoms with Gasteiger partial charge < -0.3 is 27.9 Å². The van der Waals surface area contributed by atoms with E-state index in [1.165, 1.54) is 437 Å². The van der Waals surface area contributed by atoms with Crippen LogP contribution in [0.25, 0.3) is 0 Å². The standard InChI is InChI=1S/C93H182NO8P/c1-6-8-10-12-14-16-18-20-22-24-26-28-30-32-34-36-38-40-42-44-46-48-49-51-53-55-57-59-61-63-65-67-69-71-73-75-77-79-81-83-85-92(95)99-89-91(90-101-103(97,98)100-88-87-94(3,4)5)102-93(96)86-84-82-80-78-76-74-72-70-68-66-64-62-60-58-56-54-52-50-47-45-43-41-39-37-35-33-31-29-27-25-23-21-19-17-15-13-11-9-7-2/h19,21,25,27,91H,6-18,20,22-24,26,28-90H2,1-5H3/b21-19-,27-25-. The molecule has 0 aliphatic heterocycles. The van der Waals surface area contributed by atoms with E-state index in [-0.39, 0.29) is 32.0 Å². The number of allylic oxidation sites excluding steroid dienone is 4. The third kappa shape index (κ3) is 89.3. The molecule has 2 atom stereocenters. The molecule has 0 aromatic rings. The summed E-state index contributed by atoms with van der Waals surface area (Å²) in [6, 6.07) is 0. The van der Waals surface area contributed by atoms with Gasteiger partial charge in [-0.05, 0) is 44.9 Å². The number of ether oxygens (including phenoxy) is 2. The quantitative estimate of drug-likeness (QED) is 0.0195. The smallest absolute Gasteiger partial charge is 0.306 e. The Hall–Kier alpha value is -1.51. The molecule has 0 N–H and O–H groups in total. The van der Waals surface area contributed by atoms with Crippen LogP contribution in [0.15, 0.2) is 24.3 Å². The SMILES string of the molecule is CCCCCCC/C=C\C/C=C\CCCCCCCCCCCCCCCCCCCCCCCCCCCCCC(=O)OC(COC(=O)CCCCCCCCCCCCCCCCCCCCCCCCCCCCCCCCCCCCCCCCCC)COP(=O)([O-])OCC[N+](C)(C)C. The third-order valence-electron chi connectivity index (χ3n) is 21.7. The number of phosphoric ester groups is 1. The Bertz CT molecular complexity index is 1780. The molecular weight excluding hydrogens is 1290 g/mol. The van der Waals surface area contributed by atoms with E-state index in [4.69, 9.17) is 18.5 Å². The molecule has 0 bridgehead atoms. The molecule has 0 heterocycles. The number of phosphoric acid groups is 1. The largest absolute Gasteiger partial charge is 0.756 e. The minimum absolute atomic E-state index is 0.0257. The maximum absolute atomic E-state index is 12.9. The van der Waals surface area contributed by atoms with Crippen molar-refractivity contribution in [1.82, 2.24) is 0 Å². The molecule has 0 fully saturated rings. The van der Waals surface area contributed by atoms with Crippen molar-refractivity contribution in [1.29, 1.82) is 0 Å². The first-order valence-electron chi connectivity index (χ1n) is 46.5. The van der Waals surface area contributed by atoms with E-state index in [1.807, 2.05) is 21.1 Å². The van der Waals surface area contributed by atoms with Crippen molar-refractivity contribution in [2.75, 3.05) is 47.5 Å². The molecule has 0 radical (unpaired) electrons. The van der Waals surface area contributed by atoms with E-state index in [9.17, 15) is 19.0 Å². The number of esters is 2. The van der Waals surface area contributed by atoms with Crippen LogP contribution in [0.3, 0.4) is 0 Å². The monoisotopic (exact) mass is 1470 g/mol. The molecule has 2 unspecified atom stereocenters. The van der Waals surface area contributed by atoms with Gasteiger partial charge in [0.05, 0.1) is 27.7 Å². The highest BCUT2D eigenvalue weighted by Gasteiger charge is 2.22. The molecule has 9 nitrogen and oxygen atoms in total. The second-order valence-corrected chi connectivity index (χ2v) is 34.8. The Morgan fingerprint density at radius 2 is 0.524 bits per heavy atom. The van der Waals surface area contributed by atoms with Crippen LogP contribution in [0, 0.1) is 0 Å². The zero-order valence-corrected chi connectivity index (χ0v) is 71.2. The van der Waals surface area contributed by atoms with Gasteiger partial charge in [0.25, 0.3) is 7.82 Å². The van der Waals surface area contributed by atoms with Gasteiger partial charge in [-0.1, -0.05) is 475 Å². The lowest BCUT2D eigenvalue weighted by atomic mass is 10.0. The summed E-state index contributed by atoms with van der Waals surface area (Å²) in [5.41, 5.74) is 0. The van der Waals surface area contributed by atoms with Gasteiger partial charge in [-0.15, -0.1) is 0 Å². The molecule has 0 aromatic heterocycles. The fourth-order valence-corrected chi connectivity index (χ4v) is 15.4. The Labute approximate surface area is 644 Å². The Morgan fingerprint density at radius 1 is 0.301 bits per heavy atom. The zero-order valence-electron chi connectivity index (χ0n) is 70.3. The molecule has 0 saturated heterocycles. The molecule has 0 spiro atoms. The number of likely N-dealkylation sites (N-methyl/N-ethyl adjacent to an activating group) is 1. The highest BCUT2D eigenvalue weighted by molar-refractivity contribution is 7.45. The molecule has 0 aliphatic carbocycles. The van der Waals surface area contributed by atoms with Gasteiger partial charge in [-0.3, -0.25) is 14.2 Å². The van der Waals surface area contributed by atoms with Gasteiger partial charge in [0, 0.05) is 12.8 Å². The number of nitrogens with zero attached hydrogens (tertiary/aromatic N) is 1. The Balaban J connectivity index is 3.81. The molecule has 0 aromatic carbocycles. The van der Waals surface area contributed by atoms with Crippen LogP contribution in [0.5, 0.6) is 0 Å². The number of carbonyl (C=O) groups excluding carboxylic acids is 2. The summed E-state index contributed by atoms with van der Waals surface area (Å²) in [5.74, 6) is -0.800. The lowest BCUT2D eigenvalue weighted by Gasteiger charge is -2.28. The summed E-state index contributed by atoms with van der Waals surface area (Å²) in [6.07, 6.45) is 111. The summed E-state index contributed by atoms with van der Waals surface area (Å²) in [7, 11) is 1.20. The summed E-state index contributed by atoms with van der Waals surface area (Å²) >= 11 is 0. The summed E-state index contributed by atoms with van der Waals surface area (Å²) in [4.78, 5) is 38.3. The average molecular weight is 1470 g/mol. The van der Waals surface area contributed by atoms with Crippen molar-refractivity contribution in [3.8, 4) is 0 Å². The number of rotatable bonds is 89. The van der Waals surface area contributed by atoms with Crippen LogP contribution in [0.2, 0.25) is 0 Å². The lowest BCUT2D eigenvalue weighted by molar-refractivity contribution is -0.870. The molecule has 103 heavy (non-hydrogen) atoms. The maximum atomic E-state index is 12.9. The van der Waals surface area contributed by atoms with E-state index in [0.29, 0.717) is 17.4 Å². The van der Waals surface area contributed by atoms with E-state index in [0.717, 1.165) is 38.5 Å². The van der Waals surface area contributed by atoms with Crippen LogP contribution >= 0.6 is 7.82 Å². The van der Waals surface area contributed by atoms with Crippen molar-refractivity contribution in [3.63, 3.8) is 0 Å². The number of hydrogen-bond donors (Lipinski definition) is 0. The summed E-state index contributed by atoms with van der Waals surface area (Å²) in [5, 5.41) is 0. The molecule has 10 heteroatoms. The third-order valence-corrected chi connectivity index (χ3v) is 22.7. The van der Waals surface area contributed by atoms with Crippen molar-refractivity contribution in [2.45, 2.75) is 514 Å². The number of hydrogen-bond acceptors (Lipinski definition) is 8. The zero-order chi connectivity index (χ0) is 74.7. The Morgan fingerprint density at radius 3 is 0.767 bits per heavy atom. The van der Waals surface area contributed by atoms with Crippen LogP contribution in [0.1, 0.15) is 508 Å². The minimum Gasteiger partial charge on any atom is -0.756 e. The van der Waals surface area contributed by atoms with E-state index >= 15 is 0 Å². The molecule has 612 valence electrons. The van der Waals surface area contributed by atoms with Gasteiger partial charge in [0.1, 0.15) is 19.8 Å². The second kappa shape index (κ2) is 84.5. The van der Waals surface area contributed by atoms with Gasteiger partial charge >= 0.3 is 11.9 Å². The average Bonchev–Trinajstić information content (AvgIpc) is 1.01. The summed E-state index contributed by atoms with van der Waals surface area (Å²) < 4.78 is 34.5. The van der Waals surface area contributed by atoms with Crippen LogP contribution in [0.4, 0.5) is 0 Å². The molecule has 0 aliphatic rings. The van der Waals surface area contributed by atoms with E-state index in [2.05, 4.69) is 38.2 Å². The molecular formula is C93H182NO8P. The van der Waals surface area contributed by atoms with E-state index in [1.54, 1.807) is 0 Å². The fraction of sp³-hybridized carbons (Fsp3) is 0.935. The van der Waals surface area contributed by atoms with Gasteiger partial charge in [-0.2, -0.15) is 0 Å². The number of quaternary nitrogens is 1. The van der Waals surface area contributed by atoms with Gasteiger partial charge in [-0.25, -0.2) is 0 Å². The second-order valence-electron chi connectivity index (χ2n) is 33.4. The topological polar surface area (TPSA) is 111 Å². The van der Waals surface area contributed by atoms with Crippen LogP contribution < -0.4 is 4.89 Å². The lowest BCUT2D eigenvalue weighted by Crippen LogP contribution is -2.37. The van der Waals surface area contributed by atoms with Crippen molar-refractivity contribution in [3.05, 3.63) is 24.3 Å². The molecule has 0 amide bonds. The normalized spacial score (nSPS) is 13.0. The van der Waals surface area contributed by atoms with E-state index < -0.39 is 26.5 Å². The van der Waals surface area contributed by atoms with Crippen LogP contribution in [-0.2, 0) is 32.7 Å². The first-order valence-corrected chi connectivity index (χ1v) is 48.0. The number of unbranched alkanes of at least 4 members (excludes halogenated alkanes) is 71. The van der Waals surface area contributed by atoms with Crippen molar-refractivity contribution >= 4 is 19.8 Å². The highest BCUT2D eigenvalue weighted by atomic mass is 31.2. The van der Waals surface area contributed by atoms with Gasteiger partial charge in [0.2, 0.25) is 0 Å². The van der Waals surface area contributed by atoms with Crippen molar-refractivity contribution < 1.29 is 42.1 Å². The number of carbonyl (C=O) groups is 2. The first kappa shape index (κ1) is 101. The summed E-state index contributed by atoms with van der Waals surface area (Å²) in [6.45, 7) is 4.34. The Kier molecular flexibility index (Phi) is 83.3. The van der Waals surface area contributed by atoms with Crippen molar-refractivity contribution in [2.24, 2.45) is 0 Å².